The fourth-order valence-electron chi connectivity index (χ4n) is 3.08. The van der Waals surface area contributed by atoms with Gasteiger partial charge in [0.15, 0.2) is 0 Å². The summed E-state index contributed by atoms with van der Waals surface area (Å²) >= 11 is 6.14. The van der Waals surface area contributed by atoms with Crippen molar-refractivity contribution in [1.82, 2.24) is 5.32 Å². The predicted octanol–water partition coefficient (Wildman–Crippen LogP) is 2.53. The van der Waals surface area contributed by atoms with Gasteiger partial charge in [-0.1, -0.05) is 25.4 Å². The van der Waals surface area contributed by atoms with Gasteiger partial charge in [-0.2, -0.15) is 0 Å². The van der Waals surface area contributed by atoms with Gasteiger partial charge < -0.3 is 15.7 Å². The Kier molecular flexibility index (Phi) is 4.03. The van der Waals surface area contributed by atoms with Crippen LogP contribution in [-0.4, -0.2) is 28.9 Å². The average molecular weight is 351 g/mol. The van der Waals surface area contributed by atoms with Gasteiger partial charge in [0.2, 0.25) is 5.91 Å². The van der Waals surface area contributed by atoms with Gasteiger partial charge in [0.05, 0.1) is 22.4 Å². The van der Waals surface area contributed by atoms with Crippen molar-refractivity contribution in [3.05, 3.63) is 28.8 Å². The van der Waals surface area contributed by atoms with E-state index < -0.39 is 23.2 Å². The van der Waals surface area contributed by atoms with Gasteiger partial charge in [-0.3, -0.25) is 14.4 Å². The lowest BCUT2D eigenvalue weighted by Gasteiger charge is -2.09. The predicted molar refractivity (Wildman–Crippen MR) is 89.0 cm³/mol. The largest absolute Gasteiger partial charge is 0.481 e. The smallest absolute Gasteiger partial charge is 0.307 e. The zero-order chi connectivity index (χ0) is 17.6. The zero-order valence-corrected chi connectivity index (χ0v) is 14.2. The summed E-state index contributed by atoms with van der Waals surface area (Å²) in [6.45, 7) is 3.52. The normalized spacial score (nSPS) is 24.1. The minimum atomic E-state index is -0.967. The highest BCUT2D eigenvalue weighted by Crippen LogP contribution is 2.58. The molecule has 1 aromatic carbocycles. The van der Waals surface area contributed by atoms with Gasteiger partial charge in [-0.05, 0) is 36.5 Å². The van der Waals surface area contributed by atoms with E-state index in [-0.39, 0.29) is 22.9 Å². The number of aliphatic carboxylic acids is 1. The summed E-state index contributed by atoms with van der Waals surface area (Å²) in [6.07, 6.45) is 1.97. The molecule has 2 aliphatic rings. The van der Waals surface area contributed by atoms with Gasteiger partial charge in [0.25, 0.3) is 5.91 Å². The van der Waals surface area contributed by atoms with Crippen molar-refractivity contribution >= 4 is 35.1 Å². The zero-order valence-electron chi connectivity index (χ0n) is 13.4. The third-order valence-electron chi connectivity index (χ3n) is 4.77. The Labute approximate surface area is 144 Å². The highest BCUT2D eigenvalue weighted by Gasteiger charge is 2.65. The molecule has 2 amide bonds. The number of carbonyl (C=O) groups excluding carboxylic acids is 2. The quantitative estimate of drug-likeness (QED) is 0.760. The second kappa shape index (κ2) is 5.77. The number of carbonyl (C=O) groups is 3. The SMILES string of the molecule is CC1(C)C(C(=O)O)C1C(=O)Nc1ccc(C(=O)NC2CC2)c(Cl)c1. The van der Waals surface area contributed by atoms with E-state index in [1.807, 2.05) is 0 Å². The maximum Gasteiger partial charge on any atom is 0.307 e. The van der Waals surface area contributed by atoms with E-state index in [0.29, 0.717) is 11.3 Å². The molecule has 0 saturated heterocycles. The number of nitrogens with one attached hydrogen (secondary N) is 2. The summed E-state index contributed by atoms with van der Waals surface area (Å²) in [5, 5.41) is 14.9. The lowest BCUT2D eigenvalue weighted by Crippen LogP contribution is -2.25. The second-order valence-corrected chi connectivity index (χ2v) is 7.45. The van der Waals surface area contributed by atoms with Gasteiger partial charge in [-0.25, -0.2) is 0 Å². The Bertz CT molecular complexity index is 727. The molecule has 1 aromatic rings. The van der Waals surface area contributed by atoms with E-state index >= 15 is 0 Å². The van der Waals surface area contributed by atoms with Gasteiger partial charge in [0, 0.05) is 11.7 Å². The molecule has 0 spiro atoms. The second-order valence-electron chi connectivity index (χ2n) is 7.05. The summed E-state index contributed by atoms with van der Waals surface area (Å²) in [6, 6.07) is 4.89. The van der Waals surface area contributed by atoms with Crippen molar-refractivity contribution in [3.8, 4) is 0 Å². The molecular formula is C17H19ClN2O4. The minimum absolute atomic E-state index is 0.227. The Hall–Kier alpha value is -2.08. The molecule has 2 atom stereocenters. The van der Waals surface area contributed by atoms with Crippen molar-refractivity contribution in [1.29, 1.82) is 0 Å². The third-order valence-corrected chi connectivity index (χ3v) is 5.08. The molecule has 0 heterocycles. The van der Waals surface area contributed by atoms with Crippen LogP contribution in [0.15, 0.2) is 18.2 Å². The Morgan fingerprint density at radius 3 is 2.38 bits per heavy atom. The van der Waals surface area contributed by atoms with Crippen LogP contribution in [0, 0.1) is 17.3 Å². The van der Waals surface area contributed by atoms with Crippen LogP contribution in [0.1, 0.15) is 37.0 Å². The van der Waals surface area contributed by atoms with E-state index in [4.69, 9.17) is 16.7 Å². The standard InChI is InChI=1S/C17H19ClN2O4/c1-17(2)12(13(17)16(23)24)15(22)20-9-5-6-10(11(18)7-9)14(21)19-8-3-4-8/h5-8,12-13H,3-4H2,1-2H3,(H,19,21)(H,20,22)(H,23,24). The molecule has 24 heavy (non-hydrogen) atoms. The summed E-state index contributed by atoms with van der Waals surface area (Å²) in [7, 11) is 0. The molecule has 3 N–H and O–H groups in total. The highest BCUT2D eigenvalue weighted by atomic mass is 35.5. The van der Waals surface area contributed by atoms with Crippen LogP contribution in [-0.2, 0) is 9.59 Å². The van der Waals surface area contributed by atoms with Gasteiger partial charge in [0.1, 0.15) is 0 Å². The average Bonchev–Trinajstić information content (AvgIpc) is 3.35. The highest BCUT2D eigenvalue weighted by molar-refractivity contribution is 6.34. The summed E-state index contributed by atoms with van der Waals surface area (Å²) in [5.74, 6) is -2.80. The number of carboxylic acids is 1. The van der Waals surface area contributed by atoms with Crippen molar-refractivity contribution in [3.63, 3.8) is 0 Å². The number of hydrogen-bond donors (Lipinski definition) is 3. The molecule has 7 heteroatoms. The Morgan fingerprint density at radius 2 is 1.88 bits per heavy atom. The number of hydrogen-bond acceptors (Lipinski definition) is 3. The fraction of sp³-hybridized carbons (Fsp3) is 0.471. The van der Waals surface area contributed by atoms with Crippen LogP contribution >= 0.6 is 11.6 Å². The number of halogens is 1. The Morgan fingerprint density at radius 1 is 1.21 bits per heavy atom. The molecule has 0 aromatic heterocycles. The number of benzene rings is 1. The van der Waals surface area contributed by atoms with E-state index in [9.17, 15) is 14.4 Å². The number of rotatable bonds is 5. The summed E-state index contributed by atoms with van der Waals surface area (Å²) < 4.78 is 0. The number of anilines is 1. The van der Waals surface area contributed by atoms with Gasteiger partial charge >= 0.3 is 5.97 Å². The maximum atomic E-state index is 12.3. The van der Waals surface area contributed by atoms with Crippen LogP contribution in [0.25, 0.3) is 0 Å². The summed E-state index contributed by atoms with van der Waals surface area (Å²) in [5.41, 5.74) is 0.237. The molecular weight excluding hydrogens is 332 g/mol. The first-order chi connectivity index (χ1) is 11.2. The maximum absolute atomic E-state index is 12.3. The van der Waals surface area contributed by atoms with Crippen molar-refractivity contribution < 1.29 is 19.5 Å². The van der Waals surface area contributed by atoms with E-state index in [1.165, 1.54) is 6.07 Å². The first kappa shape index (κ1) is 16.8. The molecule has 2 saturated carbocycles. The lowest BCUT2D eigenvalue weighted by molar-refractivity contribution is -0.140. The number of carboxylic acid groups (broad SMARTS) is 1. The van der Waals surface area contributed by atoms with Crippen LogP contribution in [0.2, 0.25) is 5.02 Å². The lowest BCUT2D eigenvalue weighted by atomic mass is 10.1. The fourth-order valence-corrected chi connectivity index (χ4v) is 3.34. The molecule has 0 aliphatic heterocycles. The minimum Gasteiger partial charge on any atom is -0.481 e. The Balaban J connectivity index is 1.67. The van der Waals surface area contributed by atoms with Crippen LogP contribution < -0.4 is 10.6 Å². The topological polar surface area (TPSA) is 95.5 Å². The number of amides is 2. The molecule has 0 radical (unpaired) electrons. The van der Waals surface area contributed by atoms with Crippen molar-refractivity contribution in [2.75, 3.05) is 5.32 Å². The van der Waals surface area contributed by atoms with Crippen molar-refractivity contribution in [2.45, 2.75) is 32.7 Å². The van der Waals surface area contributed by atoms with E-state index in [0.717, 1.165) is 12.8 Å². The first-order valence-electron chi connectivity index (χ1n) is 7.86. The van der Waals surface area contributed by atoms with E-state index in [1.54, 1.807) is 26.0 Å². The van der Waals surface area contributed by atoms with Crippen LogP contribution in [0.5, 0.6) is 0 Å². The molecule has 0 bridgehead atoms. The molecule has 3 rings (SSSR count). The monoisotopic (exact) mass is 350 g/mol. The van der Waals surface area contributed by atoms with E-state index in [2.05, 4.69) is 10.6 Å². The molecule has 6 nitrogen and oxygen atoms in total. The van der Waals surface area contributed by atoms with Gasteiger partial charge in [-0.15, -0.1) is 0 Å². The first-order valence-corrected chi connectivity index (χ1v) is 8.23. The molecule has 2 unspecified atom stereocenters. The van der Waals surface area contributed by atoms with Crippen LogP contribution in [0.4, 0.5) is 5.69 Å². The molecule has 2 fully saturated rings. The molecule has 2 aliphatic carbocycles. The summed E-state index contributed by atoms with van der Waals surface area (Å²) in [4.78, 5) is 35.5. The van der Waals surface area contributed by atoms with Crippen LogP contribution in [0.3, 0.4) is 0 Å². The third kappa shape index (κ3) is 3.11. The molecule has 128 valence electrons. The van der Waals surface area contributed by atoms with Crippen molar-refractivity contribution in [2.24, 2.45) is 17.3 Å².